The van der Waals surface area contributed by atoms with Crippen LogP contribution in [-0.4, -0.2) is 16.9 Å². The molecule has 0 saturated heterocycles. The van der Waals surface area contributed by atoms with Crippen molar-refractivity contribution in [1.82, 2.24) is 0 Å². The summed E-state index contributed by atoms with van der Waals surface area (Å²) >= 11 is 0. The molecule has 4 heteroatoms. The van der Waals surface area contributed by atoms with Crippen LogP contribution in [0.4, 0.5) is 13.2 Å². The Labute approximate surface area is 194 Å². The summed E-state index contributed by atoms with van der Waals surface area (Å²) in [5.41, 5.74) is -2.07. The van der Waals surface area contributed by atoms with E-state index in [1.54, 1.807) is 0 Å². The van der Waals surface area contributed by atoms with Crippen LogP contribution in [0.5, 0.6) is 0 Å². The summed E-state index contributed by atoms with van der Waals surface area (Å²) in [4.78, 5) is 0. The summed E-state index contributed by atoms with van der Waals surface area (Å²) in [7, 11) is 0. The van der Waals surface area contributed by atoms with Gasteiger partial charge < -0.3 is 5.11 Å². The second-order valence-corrected chi connectivity index (χ2v) is 13.4. The molecule has 32 heavy (non-hydrogen) atoms. The Bertz CT molecular complexity index is 674. The van der Waals surface area contributed by atoms with Crippen molar-refractivity contribution in [3.05, 3.63) is 0 Å². The first-order valence-electron chi connectivity index (χ1n) is 13.6. The molecule has 4 fully saturated rings. The molecule has 9 atom stereocenters. The van der Waals surface area contributed by atoms with Crippen molar-refractivity contribution >= 4 is 0 Å². The highest BCUT2D eigenvalue weighted by Crippen LogP contribution is 2.69. The molecule has 4 aliphatic carbocycles. The predicted octanol–water partition coefficient (Wildman–Crippen LogP) is 8.40. The van der Waals surface area contributed by atoms with Crippen LogP contribution in [-0.2, 0) is 0 Å². The minimum atomic E-state index is -4.50. The zero-order valence-corrected chi connectivity index (χ0v) is 21.1. The van der Waals surface area contributed by atoms with Gasteiger partial charge in [0, 0.05) is 0 Å². The molecule has 0 amide bonds. The molecule has 0 aliphatic heterocycles. The molecule has 1 N–H and O–H groups in total. The quantitative estimate of drug-likeness (QED) is 0.440. The Kier molecular flexibility index (Phi) is 6.57. The van der Waals surface area contributed by atoms with Crippen molar-refractivity contribution in [3.8, 4) is 0 Å². The lowest BCUT2D eigenvalue weighted by atomic mass is 9.43. The Morgan fingerprint density at radius 3 is 2.19 bits per heavy atom. The average molecular weight is 457 g/mol. The van der Waals surface area contributed by atoms with E-state index in [4.69, 9.17) is 0 Å². The molecule has 0 heterocycles. The van der Waals surface area contributed by atoms with Gasteiger partial charge in [-0.15, -0.1) is 0 Å². The molecule has 0 aromatic rings. The second kappa shape index (κ2) is 8.45. The first-order valence-corrected chi connectivity index (χ1v) is 13.6. The summed E-state index contributed by atoms with van der Waals surface area (Å²) in [6.07, 6.45) is 6.92. The van der Waals surface area contributed by atoms with Gasteiger partial charge in [0.15, 0.2) is 5.60 Å². The smallest absolute Gasteiger partial charge is 0.380 e. The van der Waals surface area contributed by atoms with Crippen LogP contribution >= 0.6 is 0 Å². The maximum absolute atomic E-state index is 13.6. The number of rotatable bonds is 5. The van der Waals surface area contributed by atoms with Crippen LogP contribution in [0.2, 0.25) is 0 Å². The molecule has 4 aliphatic rings. The fraction of sp³-hybridized carbons (Fsp3) is 1.00. The van der Waals surface area contributed by atoms with E-state index in [0.29, 0.717) is 23.7 Å². The van der Waals surface area contributed by atoms with Gasteiger partial charge in [-0.2, -0.15) is 13.2 Å². The Hall–Kier alpha value is -0.250. The number of halogens is 3. The fourth-order valence-corrected chi connectivity index (χ4v) is 9.53. The largest absolute Gasteiger partial charge is 0.417 e. The first-order chi connectivity index (χ1) is 14.8. The number of fused-ring (bicyclic) bond motifs is 5. The molecule has 4 saturated carbocycles. The fourth-order valence-electron chi connectivity index (χ4n) is 9.53. The van der Waals surface area contributed by atoms with Crippen LogP contribution in [0.25, 0.3) is 0 Å². The molecule has 0 spiro atoms. The molecule has 186 valence electrons. The van der Waals surface area contributed by atoms with Crippen LogP contribution in [0.1, 0.15) is 112 Å². The highest BCUT2D eigenvalue weighted by Gasteiger charge is 2.65. The van der Waals surface area contributed by atoms with Crippen LogP contribution < -0.4 is 0 Å². The van der Waals surface area contributed by atoms with Gasteiger partial charge >= 0.3 is 6.18 Å². The van der Waals surface area contributed by atoms with Crippen molar-refractivity contribution in [2.45, 2.75) is 123 Å². The molecule has 0 bridgehead atoms. The van der Waals surface area contributed by atoms with Crippen molar-refractivity contribution in [2.75, 3.05) is 0 Å². The summed E-state index contributed by atoms with van der Waals surface area (Å²) in [6.45, 7) is 12.0. The minimum Gasteiger partial charge on any atom is -0.380 e. The molecule has 2 unspecified atom stereocenters. The van der Waals surface area contributed by atoms with Crippen molar-refractivity contribution in [1.29, 1.82) is 0 Å². The number of alkyl halides is 3. The zero-order valence-electron chi connectivity index (χ0n) is 21.1. The van der Waals surface area contributed by atoms with Crippen LogP contribution in [0.15, 0.2) is 0 Å². The lowest BCUT2D eigenvalue weighted by molar-refractivity contribution is -0.290. The van der Waals surface area contributed by atoms with E-state index in [-0.39, 0.29) is 24.2 Å². The van der Waals surface area contributed by atoms with E-state index in [9.17, 15) is 18.3 Å². The lowest BCUT2D eigenvalue weighted by Crippen LogP contribution is -2.59. The number of hydrogen-bond acceptors (Lipinski definition) is 1. The molecule has 0 aromatic carbocycles. The van der Waals surface area contributed by atoms with Gasteiger partial charge in [0.25, 0.3) is 0 Å². The van der Waals surface area contributed by atoms with E-state index >= 15 is 0 Å². The Morgan fingerprint density at radius 2 is 1.53 bits per heavy atom. The molecular formula is C28H47F3O. The topological polar surface area (TPSA) is 20.2 Å². The average Bonchev–Trinajstić information content (AvgIpc) is 3.04. The Morgan fingerprint density at radius 1 is 0.844 bits per heavy atom. The highest BCUT2D eigenvalue weighted by molar-refractivity contribution is 5.11. The minimum absolute atomic E-state index is 0.0145. The second-order valence-electron chi connectivity index (χ2n) is 13.4. The normalized spacial score (nSPS) is 47.6. The van der Waals surface area contributed by atoms with Gasteiger partial charge in [-0.3, -0.25) is 0 Å². The van der Waals surface area contributed by atoms with Gasteiger partial charge in [0.05, 0.1) is 0 Å². The molecule has 4 rings (SSSR count). The monoisotopic (exact) mass is 456 g/mol. The number of hydrogen-bond donors (Lipinski definition) is 1. The van der Waals surface area contributed by atoms with Crippen molar-refractivity contribution < 1.29 is 18.3 Å². The summed E-state index contributed by atoms with van der Waals surface area (Å²) < 4.78 is 40.7. The van der Waals surface area contributed by atoms with Crippen molar-refractivity contribution in [2.24, 2.45) is 52.3 Å². The van der Waals surface area contributed by atoms with E-state index in [2.05, 4.69) is 34.6 Å². The molecular weight excluding hydrogens is 409 g/mol. The highest BCUT2D eigenvalue weighted by atomic mass is 19.4. The van der Waals surface area contributed by atoms with Gasteiger partial charge in [0.1, 0.15) is 0 Å². The predicted molar refractivity (Wildman–Crippen MR) is 124 cm³/mol. The zero-order chi connectivity index (χ0) is 23.5. The van der Waals surface area contributed by atoms with E-state index < -0.39 is 11.8 Å². The third kappa shape index (κ3) is 3.97. The van der Waals surface area contributed by atoms with Crippen LogP contribution in [0.3, 0.4) is 0 Å². The Balaban J connectivity index is 1.47. The molecule has 0 radical (unpaired) electrons. The van der Waals surface area contributed by atoms with E-state index in [1.807, 2.05) is 0 Å². The van der Waals surface area contributed by atoms with Gasteiger partial charge in [-0.05, 0) is 110 Å². The van der Waals surface area contributed by atoms with Gasteiger partial charge in [0.2, 0.25) is 0 Å². The third-order valence-electron chi connectivity index (χ3n) is 11.5. The first kappa shape index (κ1) is 24.9. The van der Waals surface area contributed by atoms with E-state index in [0.717, 1.165) is 36.5 Å². The SMILES string of the molecule is CC(C)CCC[C@@H](C)[C@H]1CC[C@H]2[C@@H]3CCC4CC(O)(C(F)(F)F)CC[C@]4(C)[C@H]3CC[C@]12C. The summed E-state index contributed by atoms with van der Waals surface area (Å²) in [5, 5.41) is 10.4. The standard InChI is InChI=1S/C28H47F3O/c1-18(2)7-6-8-19(3)22-11-12-23-21-10-9-20-17-27(32,28(29,30)31)16-15-25(20,4)24(21)13-14-26(22,23)5/h18-24,32H,6-17H2,1-5H3/t19-,20?,21+,22-,23+,24+,25+,26-,27?/m1/s1. The number of aliphatic hydroxyl groups is 1. The third-order valence-corrected chi connectivity index (χ3v) is 11.5. The van der Waals surface area contributed by atoms with Gasteiger partial charge in [-0.25, -0.2) is 0 Å². The van der Waals surface area contributed by atoms with Crippen LogP contribution in [0, 0.1) is 52.3 Å². The summed E-state index contributed by atoms with van der Waals surface area (Å²) in [5.74, 6) is 4.37. The molecule has 0 aromatic heterocycles. The lowest BCUT2D eigenvalue weighted by Gasteiger charge is -2.62. The van der Waals surface area contributed by atoms with E-state index in [1.165, 1.54) is 44.9 Å². The summed E-state index contributed by atoms with van der Waals surface area (Å²) in [6, 6.07) is 0. The maximum atomic E-state index is 13.6. The van der Waals surface area contributed by atoms with Gasteiger partial charge in [-0.1, -0.05) is 53.9 Å². The molecule has 1 nitrogen and oxygen atoms in total. The van der Waals surface area contributed by atoms with Crippen molar-refractivity contribution in [3.63, 3.8) is 0 Å². The maximum Gasteiger partial charge on any atom is 0.417 e.